The molecule has 1 aromatic heterocycles. The van der Waals surface area contributed by atoms with Crippen LogP contribution in [0.4, 0.5) is 15.1 Å². The van der Waals surface area contributed by atoms with Crippen molar-refractivity contribution in [1.29, 1.82) is 0 Å². The van der Waals surface area contributed by atoms with Gasteiger partial charge in [-0.15, -0.1) is 11.3 Å². The summed E-state index contributed by atoms with van der Waals surface area (Å²) in [7, 11) is 1.68. The number of rotatable bonds is 5. The molecule has 0 bridgehead atoms. The number of hydrogen-bond acceptors (Lipinski definition) is 7. The molecule has 1 aromatic carbocycles. The second kappa shape index (κ2) is 8.61. The highest BCUT2D eigenvalue weighted by atomic mass is 32.1. The van der Waals surface area contributed by atoms with E-state index in [-0.39, 0.29) is 18.0 Å². The van der Waals surface area contributed by atoms with Gasteiger partial charge < -0.3 is 25.8 Å². The first-order valence-corrected chi connectivity index (χ1v) is 10.8. The van der Waals surface area contributed by atoms with E-state index in [4.69, 9.17) is 15.2 Å². The van der Waals surface area contributed by atoms with Gasteiger partial charge in [-0.2, -0.15) is 0 Å². The van der Waals surface area contributed by atoms with Crippen LogP contribution in [0.5, 0.6) is 5.75 Å². The fourth-order valence-electron chi connectivity index (χ4n) is 3.98. The molecule has 2 atom stereocenters. The molecule has 1 fully saturated rings. The second-order valence-corrected chi connectivity index (χ2v) is 8.47. The third kappa shape index (κ3) is 3.99. The molecule has 2 heterocycles. The molecule has 0 spiro atoms. The molecule has 1 saturated carbocycles. The Labute approximate surface area is 178 Å². The SMILES string of the molecule is CO[C@H]1CCCC[C@@H]1Oc1cc(F)ccc1NC1=NCNc2sc(C(N)=O)c(C)c21. The quantitative estimate of drug-likeness (QED) is 0.666. The number of hydrogen-bond donors (Lipinski definition) is 3. The lowest BCUT2D eigenvalue weighted by atomic mass is 9.94. The summed E-state index contributed by atoms with van der Waals surface area (Å²) in [5.74, 6) is 0.154. The third-order valence-electron chi connectivity index (χ3n) is 5.50. The highest BCUT2D eigenvalue weighted by molar-refractivity contribution is 7.18. The van der Waals surface area contributed by atoms with Gasteiger partial charge in [-0.05, 0) is 43.9 Å². The van der Waals surface area contributed by atoms with Crippen LogP contribution in [0.15, 0.2) is 23.2 Å². The van der Waals surface area contributed by atoms with Crippen LogP contribution in [0.25, 0.3) is 0 Å². The van der Waals surface area contributed by atoms with Gasteiger partial charge in [0.25, 0.3) is 5.91 Å². The number of amidine groups is 1. The van der Waals surface area contributed by atoms with Crippen molar-refractivity contribution >= 4 is 33.8 Å². The lowest BCUT2D eigenvalue weighted by Gasteiger charge is -2.31. The van der Waals surface area contributed by atoms with Crippen molar-refractivity contribution in [3.63, 3.8) is 0 Å². The number of carbonyl (C=O) groups excluding carboxylic acids is 1. The number of fused-ring (bicyclic) bond motifs is 1. The van der Waals surface area contributed by atoms with Crippen LogP contribution < -0.4 is 21.1 Å². The average molecular weight is 433 g/mol. The molecule has 4 rings (SSSR count). The number of anilines is 2. The minimum Gasteiger partial charge on any atom is -0.485 e. The molecular formula is C21H25FN4O3S. The first kappa shape index (κ1) is 20.6. The summed E-state index contributed by atoms with van der Waals surface area (Å²) in [6.07, 6.45) is 3.77. The van der Waals surface area contributed by atoms with E-state index in [1.165, 1.54) is 23.5 Å². The Balaban J connectivity index is 1.63. The highest BCUT2D eigenvalue weighted by Gasteiger charge is 2.29. The fourth-order valence-corrected chi connectivity index (χ4v) is 5.03. The number of carbonyl (C=O) groups is 1. The molecule has 1 aliphatic heterocycles. The summed E-state index contributed by atoms with van der Waals surface area (Å²) in [4.78, 5) is 16.8. The van der Waals surface area contributed by atoms with Crippen LogP contribution in [0.3, 0.4) is 0 Å². The maximum Gasteiger partial charge on any atom is 0.259 e. The number of nitrogens with two attached hydrogens (primary N) is 1. The molecular weight excluding hydrogens is 407 g/mol. The molecule has 1 amide bonds. The van der Waals surface area contributed by atoms with Crippen LogP contribution >= 0.6 is 11.3 Å². The van der Waals surface area contributed by atoms with Gasteiger partial charge in [0.05, 0.1) is 22.2 Å². The number of aliphatic imine (C=N–C) groups is 1. The fraction of sp³-hybridized carbons (Fsp3) is 0.429. The van der Waals surface area contributed by atoms with Crippen LogP contribution in [0.1, 0.15) is 46.5 Å². The van der Waals surface area contributed by atoms with Crippen molar-refractivity contribution in [3.8, 4) is 5.75 Å². The molecule has 0 saturated heterocycles. The Bertz CT molecular complexity index is 991. The van der Waals surface area contributed by atoms with Crippen LogP contribution in [-0.4, -0.2) is 37.7 Å². The van der Waals surface area contributed by atoms with Crippen molar-refractivity contribution in [2.45, 2.75) is 44.8 Å². The Kier molecular flexibility index (Phi) is 5.92. The maximum atomic E-state index is 14.0. The predicted molar refractivity (Wildman–Crippen MR) is 116 cm³/mol. The van der Waals surface area contributed by atoms with Gasteiger partial charge in [0.15, 0.2) is 0 Å². The molecule has 2 aliphatic rings. The number of halogens is 1. The molecule has 7 nitrogen and oxygen atoms in total. The largest absolute Gasteiger partial charge is 0.485 e. The van der Waals surface area contributed by atoms with Gasteiger partial charge in [-0.25, -0.2) is 9.38 Å². The zero-order chi connectivity index (χ0) is 21.3. The van der Waals surface area contributed by atoms with E-state index in [0.29, 0.717) is 28.8 Å². The van der Waals surface area contributed by atoms with Gasteiger partial charge in [-0.1, -0.05) is 6.42 Å². The van der Waals surface area contributed by atoms with Gasteiger partial charge >= 0.3 is 0 Å². The number of nitrogens with one attached hydrogen (secondary N) is 2. The standard InChI is InChI=1S/C21H25FN4O3S/c1-11-17-20(24-10-25-21(17)30-18(11)19(23)27)26-13-8-7-12(22)9-16(13)29-15-6-4-3-5-14(15)28-2/h7-9,14-15,25H,3-6,10H2,1-2H3,(H2,23,27)(H,24,26)/t14-,15-/m0/s1. The molecule has 9 heteroatoms. The van der Waals surface area contributed by atoms with Crippen molar-refractivity contribution < 1.29 is 18.7 Å². The Hall–Kier alpha value is -2.65. The number of thiophene rings is 1. The Morgan fingerprint density at radius 3 is 2.83 bits per heavy atom. The lowest BCUT2D eigenvalue weighted by Crippen LogP contribution is -2.36. The van der Waals surface area contributed by atoms with Gasteiger partial charge in [0.1, 0.15) is 35.2 Å². The van der Waals surface area contributed by atoms with Crippen LogP contribution in [-0.2, 0) is 4.74 Å². The molecule has 160 valence electrons. The lowest BCUT2D eigenvalue weighted by molar-refractivity contribution is -0.0227. The van der Waals surface area contributed by atoms with E-state index < -0.39 is 5.91 Å². The van der Waals surface area contributed by atoms with Gasteiger partial charge in [0.2, 0.25) is 0 Å². The minimum absolute atomic E-state index is 0.0186. The number of methoxy groups -OCH3 is 1. The van der Waals surface area contributed by atoms with Crippen LogP contribution in [0.2, 0.25) is 0 Å². The molecule has 30 heavy (non-hydrogen) atoms. The summed E-state index contributed by atoms with van der Waals surface area (Å²) in [6, 6.07) is 4.39. The normalized spacial score (nSPS) is 20.7. The minimum atomic E-state index is -0.471. The second-order valence-electron chi connectivity index (χ2n) is 7.45. The topological polar surface area (TPSA) is 98.0 Å². The monoisotopic (exact) mass is 432 g/mol. The molecule has 2 aromatic rings. The Morgan fingerprint density at radius 1 is 1.33 bits per heavy atom. The molecule has 1 aliphatic carbocycles. The molecule has 4 N–H and O–H groups in total. The van der Waals surface area contributed by atoms with E-state index in [1.807, 2.05) is 6.92 Å². The summed E-state index contributed by atoms with van der Waals surface area (Å²) in [5.41, 5.74) is 7.67. The van der Waals surface area contributed by atoms with Crippen molar-refractivity contribution in [2.75, 3.05) is 24.4 Å². The summed E-state index contributed by atoms with van der Waals surface area (Å²) >= 11 is 1.31. The maximum absolute atomic E-state index is 14.0. The van der Waals surface area contributed by atoms with E-state index >= 15 is 0 Å². The van der Waals surface area contributed by atoms with Crippen LogP contribution in [0, 0.1) is 12.7 Å². The van der Waals surface area contributed by atoms with E-state index in [1.54, 1.807) is 13.2 Å². The van der Waals surface area contributed by atoms with E-state index in [9.17, 15) is 9.18 Å². The van der Waals surface area contributed by atoms with Gasteiger partial charge in [0, 0.05) is 13.2 Å². The number of ether oxygens (including phenoxy) is 2. The zero-order valence-electron chi connectivity index (χ0n) is 17.0. The van der Waals surface area contributed by atoms with E-state index in [2.05, 4.69) is 15.6 Å². The summed E-state index contributed by atoms with van der Waals surface area (Å²) in [6.45, 7) is 2.20. The third-order valence-corrected chi connectivity index (χ3v) is 6.77. The molecule has 0 unspecified atom stereocenters. The zero-order valence-corrected chi connectivity index (χ0v) is 17.8. The predicted octanol–water partition coefficient (Wildman–Crippen LogP) is 3.87. The smallest absolute Gasteiger partial charge is 0.259 e. The first-order chi connectivity index (χ1) is 14.5. The van der Waals surface area contributed by atoms with Crippen molar-refractivity contribution in [2.24, 2.45) is 10.7 Å². The summed E-state index contributed by atoms with van der Waals surface area (Å²) < 4.78 is 25.8. The number of amides is 1. The average Bonchev–Trinajstić information content (AvgIpc) is 3.08. The highest BCUT2D eigenvalue weighted by Crippen LogP contribution is 2.37. The summed E-state index contributed by atoms with van der Waals surface area (Å²) in [5, 5.41) is 7.28. The van der Waals surface area contributed by atoms with Gasteiger partial charge in [-0.3, -0.25) is 4.79 Å². The van der Waals surface area contributed by atoms with Crippen molar-refractivity contribution in [1.82, 2.24) is 0 Å². The number of benzene rings is 1. The van der Waals surface area contributed by atoms with Crippen molar-refractivity contribution in [3.05, 3.63) is 40.0 Å². The number of nitrogens with zero attached hydrogens (tertiary/aromatic N) is 1. The number of primary amides is 1. The molecule has 0 radical (unpaired) electrons. The first-order valence-electron chi connectivity index (χ1n) is 9.96. The Morgan fingerprint density at radius 2 is 2.10 bits per heavy atom. The van der Waals surface area contributed by atoms with E-state index in [0.717, 1.165) is 41.8 Å².